The molecule has 0 spiro atoms. The third kappa shape index (κ3) is 16.8. The van der Waals surface area contributed by atoms with Gasteiger partial charge in [0.2, 0.25) is 41.4 Å². The molecule has 3 aromatic carbocycles. The van der Waals surface area contributed by atoms with Crippen molar-refractivity contribution in [1.82, 2.24) is 51.5 Å². The van der Waals surface area contributed by atoms with Gasteiger partial charge in [-0.15, -0.1) is 10.2 Å². The second kappa shape index (κ2) is 31.7. The molecule has 1 aliphatic carbocycles. The normalized spacial score (nSPS) is 27.1. The SMILES string of the molecule is CC(O)C1NC(=O)[C@@H](NC(=O)c2ccc(-c3nnc(-c4ccc(N5CCN(C6CCCCC6)CC5)cc4)s3)cc2)CC(O)CNC(=O)C2C(O)C(C)CN2C(=O)C(C(O)CC(N)=O)NC(=O)C(C(O)C(O)c2ccc(O)c(OSOOO)c2)NC(=O)C2CC(O)CN2C1=O. The fraction of sp³-hybridized carbons (Fsp3) is 0.533. The lowest BCUT2D eigenvalue weighted by molar-refractivity contribution is -0.433. The molecule has 32 nitrogen and oxygen atoms in total. The highest BCUT2D eigenvalue weighted by Gasteiger charge is 2.50. The van der Waals surface area contributed by atoms with E-state index in [1.807, 2.05) is 12.1 Å². The first-order valence-corrected chi connectivity index (χ1v) is 32.2. The van der Waals surface area contributed by atoms with E-state index in [4.69, 9.17) is 15.2 Å². The van der Waals surface area contributed by atoms with Gasteiger partial charge in [-0.2, -0.15) is 0 Å². The molecule has 13 unspecified atom stereocenters. The number of carbonyl (C=O) groups excluding carboxylic acids is 8. The highest BCUT2D eigenvalue weighted by atomic mass is 32.2. The summed E-state index contributed by atoms with van der Waals surface area (Å²) in [5.41, 5.74) is 7.63. The molecule has 14 atom stereocenters. The maximum atomic E-state index is 14.7. The molecule has 5 fully saturated rings. The Kier molecular flexibility index (Phi) is 23.8. The molecule has 34 heteroatoms. The first-order valence-electron chi connectivity index (χ1n) is 30.7. The highest BCUT2D eigenvalue weighted by molar-refractivity contribution is 7.90. The van der Waals surface area contributed by atoms with Gasteiger partial charge in [0.1, 0.15) is 58.5 Å². The molecule has 510 valence electrons. The Bertz CT molecular complexity index is 3340. The number of rotatable bonds is 17. The number of amides is 8. The smallest absolute Gasteiger partial charge is 0.261 e. The van der Waals surface area contributed by atoms with Crippen LogP contribution in [0.2, 0.25) is 0 Å². The Labute approximate surface area is 547 Å². The number of nitrogens with zero attached hydrogens (tertiary/aromatic N) is 6. The van der Waals surface area contributed by atoms with Crippen LogP contribution >= 0.6 is 23.7 Å². The van der Waals surface area contributed by atoms with Crippen LogP contribution in [-0.2, 0) is 42.9 Å². The van der Waals surface area contributed by atoms with E-state index < -0.39 is 183 Å². The van der Waals surface area contributed by atoms with Crippen LogP contribution in [-0.4, -0.2) is 243 Å². The molecule has 4 aromatic rings. The number of benzene rings is 3. The molecule has 4 aliphatic heterocycles. The van der Waals surface area contributed by atoms with E-state index >= 15 is 0 Å². The number of nitrogens with one attached hydrogen (secondary N) is 5. The van der Waals surface area contributed by atoms with E-state index in [-0.39, 0.29) is 23.5 Å². The zero-order valence-electron chi connectivity index (χ0n) is 51.2. The maximum Gasteiger partial charge on any atom is 0.261 e. The van der Waals surface area contributed by atoms with Gasteiger partial charge in [0, 0.05) is 93.0 Å². The van der Waals surface area contributed by atoms with Gasteiger partial charge < -0.3 is 92.1 Å². The van der Waals surface area contributed by atoms with Gasteiger partial charge >= 0.3 is 0 Å². The first kappa shape index (κ1) is 70.6. The van der Waals surface area contributed by atoms with Crippen molar-refractivity contribution in [1.29, 1.82) is 0 Å². The number of anilines is 1. The average Bonchev–Trinajstić information content (AvgIpc) is 1.57. The van der Waals surface area contributed by atoms with Crippen LogP contribution in [0.15, 0.2) is 66.7 Å². The quantitative estimate of drug-likeness (QED) is 0.0229. The second-order valence-electron chi connectivity index (χ2n) is 24.2. The minimum Gasteiger partial charge on any atom is -0.504 e. The summed E-state index contributed by atoms with van der Waals surface area (Å²) in [5.74, 6) is -11.9. The molecule has 0 radical (unpaired) electrons. The van der Waals surface area contributed by atoms with Crippen LogP contribution in [0.4, 0.5) is 5.69 Å². The molecule has 1 saturated carbocycles. The number of aromatic hydroxyl groups is 1. The van der Waals surface area contributed by atoms with Crippen molar-refractivity contribution in [2.45, 2.75) is 150 Å². The van der Waals surface area contributed by atoms with E-state index in [1.54, 1.807) is 12.1 Å². The number of hydrogen-bond donors (Lipinski definition) is 15. The third-order valence-corrected chi connectivity index (χ3v) is 19.0. The number of hydrogen-bond acceptors (Lipinski definition) is 26. The standard InChI is InChI=1S/C60H78N12O20S2/c1-29-27-72-48(49(29)79)56(86)62-26-37(74)23-39(63-52(82)31-8-10-32(11-9-31)57-67-68-58(93-57)33-12-15-36(16-13-33)70-20-18-69(19-21-70)35-6-4-3-5-7-35)53(83)64-45(30(2)73)59(87)71-28-38(75)24-40(71)54(84)66-47(55(85)65-46(60(72)88)42(77)25-44(61)78)51(81)50(80)34-14-17-41(76)43(22-34)90-94-92-91-89/h8-17,22,29-30,35,37-40,42,45-51,73-77,79-81,89H,3-7,18-21,23-28H2,1-2H3,(H2,61,78)(H,62,86)(H,63,82)(H,64,83)(H,65,85)(H,66,84)/t29?,30?,37?,38?,39-,40?,42?,45?,46?,47?,48?,49?,50?,51?/m0/s1. The molecule has 9 rings (SSSR count). The Morgan fingerprint density at radius 2 is 1.38 bits per heavy atom. The van der Waals surface area contributed by atoms with Crippen LogP contribution < -0.4 is 41.4 Å². The summed E-state index contributed by atoms with van der Waals surface area (Å²) >= 11 is 1.31. The summed E-state index contributed by atoms with van der Waals surface area (Å²) in [4.78, 5) is 120. The lowest BCUT2D eigenvalue weighted by Crippen LogP contribution is -2.64. The number of fused-ring (bicyclic) bond motifs is 2. The molecule has 1 aromatic heterocycles. The summed E-state index contributed by atoms with van der Waals surface area (Å²) in [6.45, 7) is 4.66. The largest absolute Gasteiger partial charge is 0.504 e. The predicted octanol–water partition coefficient (Wildman–Crippen LogP) is -2.29. The van der Waals surface area contributed by atoms with Crippen LogP contribution in [0.1, 0.15) is 87.2 Å². The van der Waals surface area contributed by atoms with Crippen LogP contribution in [0.5, 0.6) is 11.5 Å². The number of aliphatic hydroxyl groups excluding tert-OH is 7. The van der Waals surface area contributed by atoms with Crippen molar-refractivity contribution in [3.8, 4) is 32.6 Å². The van der Waals surface area contributed by atoms with E-state index in [0.717, 1.165) is 72.4 Å². The monoisotopic (exact) mass is 1350 g/mol. The molecule has 8 amide bonds. The van der Waals surface area contributed by atoms with Gasteiger partial charge in [-0.25, -0.2) is 5.26 Å². The fourth-order valence-electron chi connectivity index (χ4n) is 12.5. The third-order valence-electron chi connectivity index (χ3n) is 17.6. The number of piperazine rings is 1. The van der Waals surface area contributed by atoms with Crippen molar-refractivity contribution >= 4 is 76.6 Å². The fourth-order valence-corrected chi connectivity index (χ4v) is 13.6. The predicted molar refractivity (Wildman–Crippen MR) is 333 cm³/mol. The van der Waals surface area contributed by atoms with Crippen molar-refractivity contribution in [3.05, 3.63) is 77.9 Å². The molecular formula is C60H78N12O20S2. The lowest BCUT2D eigenvalue weighted by Gasteiger charge is -2.41. The Morgan fingerprint density at radius 3 is 2.02 bits per heavy atom. The Morgan fingerprint density at radius 1 is 0.755 bits per heavy atom. The van der Waals surface area contributed by atoms with Gasteiger partial charge in [0.15, 0.2) is 11.5 Å². The van der Waals surface area contributed by atoms with Crippen molar-refractivity contribution in [2.75, 3.05) is 50.7 Å². The minimum atomic E-state index is -2.53. The van der Waals surface area contributed by atoms with Gasteiger partial charge in [0.05, 0.1) is 36.9 Å². The number of aromatic nitrogens is 2. The molecule has 5 heterocycles. The van der Waals surface area contributed by atoms with Gasteiger partial charge in [0.25, 0.3) is 18.2 Å². The maximum absolute atomic E-state index is 14.7. The summed E-state index contributed by atoms with van der Waals surface area (Å²) in [7, 11) is 0. The Balaban J connectivity index is 0.970. The van der Waals surface area contributed by atoms with Gasteiger partial charge in [-0.3, -0.25) is 43.3 Å². The van der Waals surface area contributed by atoms with Crippen LogP contribution in [0.3, 0.4) is 0 Å². The van der Waals surface area contributed by atoms with E-state index in [1.165, 1.54) is 62.5 Å². The summed E-state index contributed by atoms with van der Waals surface area (Å²) in [6.07, 6.45) is -9.65. The minimum absolute atomic E-state index is 0.00254. The number of β-amino-alcohol motifs (C(OH)–C–C–N with tert-alkyl or cyclic N) is 1. The number of primary amides is 1. The number of nitrogens with two attached hydrogens (primary N) is 1. The number of aliphatic hydroxyl groups is 7. The van der Waals surface area contributed by atoms with E-state index in [0.29, 0.717) is 21.6 Å². The van der Waals surface area contributed by atoms with Gasteiger partial charge in [-0.05, 0) is 73.9 Å². The topological polar surface area (TPSA) is 471 Å². The zero-order valence-corrected chi connectivity index (χ0v) is 52.8. The van der Waals surface area contributed by atoms with Crippen molar-refractivity contribution in [3.63, 3.8) is 0 Å². The molecule has 94 heavy (non-hydrogen) atoms. The number of carbonyl (C=O) groups is 8. The van der Waals surface area contributed by atoms with Crippen molar-refractivity contribution < 1.29 is 98.0 Å². The molecule has 0 bridgehead atoms. The Hall–Kier alpha value is -7.71. The molecule has 5 aliphatic rings. The second-order valence-corrected chi connectivity index (χ2v) is 25.6. The molecular weight excluding hydrogens is 1270 g/mol. The summed E-state index contributed by atoms with van der Waals surface area (Å²) < 4.78 is 9.22. The molecule has 4 saturated heterocycles. The van der Waals surface area contributed by atoms with Crippen LogP contribution in [0, 0.1) is 5.92 Å². The van der Waals surface area contributed by atoms with E-state index in [9.17, 15) is 79.2 Å². The van der Waals surface area contributed by atoms with Gasteiger partial charge in [-0.1, -0.05) is 65.1 Å². The van der Waals surface area contributed by atoms with E-state index in [2.05, 4.69) is 68.1 Å². The number of phenolic OH excluding ortho intramolecular Hbond substituents is 1. The summed E-state index contributed by atoms with van der Waals surface area (Å²) in [6, 6.07) is 5.62. The van der Waals surface area contributed by atoms with Crippen LogP contribution in [0.25, 0.3) is 21.1 Å². The molecule has 16 N–H and O–H groups in total. The lowest BCUT2D eigenvalue weighted by atomic mass is 9.94. The first-order chi connectivity index (χ1) is 44.9. The highest BCUT2D eigenvalue weighted by Crippen LogP contribution is 2.36. The zero-order chi connectivity index (χ0) is 67.7. The summed E-state index contributed by atoms with van der Waals surface area (Å²) in [5, 5.41) is 124. The van der Waals surface area contributed by atoms with Crippen molar-refractivity contribution in [2.24, 2.45) is 11.7 Å². The average molecular weight is 1350 g/mol. The number of phenols is 1.